The molecule has 0 aromatic heterocycles. The van der Waals surface area contributed by atoms with E-state index in [-0.39, 0.29) is 0 Å². The lowest BCUT2D eigenvalue weighted by atomic mass is 10.1. The van der Waals surface area contributed by atoms with E-state index < -0.39 is 0 Å². The monoisotopic (exact) mass is 186 g/mol. The summed E-state index contributed by atoms with van der Waals surface area (Å²) in [5.41, 5.74) is 1.14. The van der Waals surface area contributed by atoms with E-state index in [1.54, 1.807) is 11.8 Å². The molecule has 2 aliphatic heterocycles. The SMILES string of the molecule is C[C@H]1CC(O)=C2C=CSC2S1. The summed E-state index contributed by atoms with van der Waals surface area (Å²) in [4.78, 5) is 0. The molecule has 11 heavy (non-hydrogen) atoms. The number of aliphatic hydroxyl groups excluding tert-OH is 1. The van der Waals surface area contributed by atoms with Gasteiger partial charge in [0.05, 0.1) is 10.3 Å². The Morgan fingerprint density at radius 3 is 3.27 bits per heavy atom. The van der Waals surface area contributed by atoms with E-state index in [1.807, 2.05) is 17.8 Å². The molecule has 0 aromatic carbocycles. The molecule has 2 aliphatic rings. The molecule has 1 nitrogen and oxygen atoms in total. The first-order valence-corrected chi connectivity index (χ1v) is 5.55. The maximum absolute atomic E-state index is 9.55. The van der Waals surface area contributed by atoms with Gasteiger partial charge >= 0.3 is 0 Å². The van der Waals surface area contributed by atoms with Crippen LogP contribution in [0, 0.1) is 0 Å². The Hall–Kier alpha value is -0.0200. The maximum Gasteiger partial charge on any atom is 0.0985 e. The van der Waals surface area contributed by atoms with Crippen molar-refractivity contribution in [3.05, 3.63) is 22.8 Å². The minimum atomic E-state index is 0.471. The quantitative estimate of drug-likeness (QED) is 0.628. The molecule has 0 radical (unpaired) electrons. The molecule has 1 unspecified atom stereocenters. The first-order valence-electron chi connectivity index (χ1n) is 3.67. The third-order valence-corrected chi connectivity index (χ3v) is 4.47. The van der Waals surface area contributed by atoms with Crippen molar-refractivity contribution in [2.45, 2.75) is 23.2 Å². The summed E-state index contributed by atoms with van der Waals surface area (Å²) in [5.74, 6) is 0.600. The van der Waals surface area contributed by atoms with Crippen LogP contribution in [0.3, 0.4) is 0 Å². The predicted molar refractivity (Wildman–Crippen MR) is 51.8 cm³/mol. The molecule has 3 heteroatoms. The fraction of sp³-hybridized carbons (Fsp3) is 0.500. The fourth-order valence-electron chi connectivity index (χ4n) is 1.32. The summed E-state index contributed by atoms with van der Waals surface area (Å²) in [6.07, 6.45) is 2.87. The Labute approximate surface area is 74.9 Å². The van der Waals surface area contributed by atoms with Crippen molar-refractivity contribution in [1.29, 1.82) is 0 Å². The van der Waals surface area contributed by atoms with Gasteiger partial charge in [-0.05, 0) is 11.5 Å². The lowest BCUT2D eigenvalue weighted by Crippen LogP contribution is -2.14. The van der Waals surface area contributed by atoms with Crippen molar-refractivity contribution in [2.75, 3.05) is 0 Å². The van der Waals surface area contributed by atoms with Gasteiger partial charge in [-0.2, -0.15) is 0 Å². The third-order valence-electron chi connectivity index (χ3n) is 1.87. The zero-order valence-corrected chi connectivity index (χ0v) is 7.91. The van der Waals surface area contributed by atoms with E-state index in [2.05, 4.69) is 12.3 Å². The minimum absolute atomic E-state index is 0.471. The van der Waals surface area contributed by atoms with Gasteiger partial charge in [0.25, 0.3) is 0 Å². The molecule has 1 N–H and O–H groups in total. The zero-order chi connectivity index (χ0) is 7.84. The highest BCUT2D eigenvalue weighted by Crippen LogP contribution is 2.45. The van der Waals surface area contributed by atoms with Gasteiger partial charge in [0.2, 0.25) is 0 Å². The molecule has 0 aliphatic carbocycles. The molecule has 0 spiro atoms. The Morgan fingerprint density at radius 2 is 2.45 bits per heavy atom. The van der Waals surface area contributed by atoms with E-state index in [0.717, 1.165) is 12.0 Å². The van der Waals surface area contributed by atoms with Crippen LogP contribution in [-0.4, -0.2) is 14.9 Å². The fourth-order valence-corrected chi connectivity index (χ4v) is 4.11. The van der Waals surface area contributed by atoms with Gasteiger partial charge in [-0.15, -0.1) is 23.5 Å². The highest BCUT2D eigenvalue weighted by molar-refractivity contribution is 8.19. The van der Waals surface area contributed by atoms with Crippen molar-refractivity contribution in [2.24, 2.45) is 0 Å². The number of rotatable bonds is 0. The van der Waals surface area contributed by atoms with Gasteiger partial charge < -0.3 is 5.11 Å². The van der Waals surface area contributed by atoms with E-state index in [9.17, 15) is 5.11 Å². The van der Waals surface area contributed by atoms with Crippen molar-refractivity contribution < 1.29 is 5.11 Å². The van der Waals surface area contributed by atoms with Gasteiger partial charge in [-0.1, -0.05) is 6.92 Å². The first kappa shape index (κ1) is 7.62. The summed E-state index contributed by atoms with van der Waals surface area (Å²) in [6, 6.07) is 0. The van der Waals surface area contributed by atoms with Crippen LogP contribution in [0.2, 0.25) is 0 Å². The van der Waals surface area contributed by atoms with E-state index in [4.69, 9.17) is 0 Å². The van der Waals surface area contributed by atoms with Gasteiger partial charge in [0, 0.05) is 17.2 Å². The number of thioether (sulfide) groups is 2. The summed E-state index contributed by atoms with van der Waals surface area (Å²) in [7, 11) is 0. The predicted octanol–water partition coefficient (Wildman–Crippen LogP) is 2.91. The van der Waals surface area contributed by atoms with Crippen LogP contribution in [0.5, 0.6) is 0 Å². The lowest BCUT2D eigenvalue weighted by Gasteiger charge is -2.23. The topological polar surface area (TPSA) is 20.2 Å². The third kappa shape index (κ3) is 1.32. The van der Waals surface area contributed by atoms with Crippen LogP contribution in [0.1, 0.15) is 13.3 Å². The van der Waals surface area contributed by atoms with Crippen molar-refractivity contribution >= 4 is 23.5 Å². The normalized spacial score (nSPS) is 36.1. The largest absolute Gasteiger partial charge is 0.512 e. The molecule has 0 amide bonds. The van der Waals surface area contributed by atoms with Crippen LogP contribution in [0.15, 0.2) is 22.8 Å². The lowest BCUT2D eigenvalue weighted by molar-refractivity contribution is 0.381. The molecule has 2 atom stereocenters. The Kier molecular flexibility index (Phi) is 1.93. The molecule has 0 bridgehead atoms. The van der Waals surface area contributed by atoms with Crippen molar-refractivity contribution in [3.8, 4) is 0 Å². The smallest absolute Gasteiger partial charge is 0.0985 e. The number of hydrogen-bond acceptors (Lipinski definition) is 3. The molecule has 0 fully saturated rings. The van der Waals surface area contributed by atoms with E-state index in [0.29, 0.717) is 15.6 Å². The van der Waals surface area contributed by atoms with E-state index in [1.165, 1.54) is 0 Å². The number of hydrogen-bond donors (Lipinski definition) is 1. The average molecular weight is 186 g/mol. The van der Waals surface area contributed by atoms with Gasteiger partial charge in [-0.3, -0.25) is 0 Å². The van der Waals surface area contributed by atoms with E-state index >= 15 is 0 Å². The summed E-state index contributed by atoms with van der Waals surface area (Å²) < 4.78 is 0.471. The van der Waals surface area contributed by atoms with Crippen LogP contribution in [0.4, 0.5) is 0 Å². The van der Waals surface area contributed by atoms with Gasteiger partial charge in [-0.25, -0.2) is 0 Å². The second-order valence-electron chi connectivity index (χ2n) is 2.82. The Balaban J connectivity index is 2.28. The standard InChI is InChI=1S/C8H10OS2/c1-5-4-7(9)6-2-3-10-8(6)11-5/h2-3,5,8-9H,4H2,1H3/t5-,8?/m0/s1. The average Bonchev–Trinajstić information content (AvgIpc) is 2.34. The molecule has 60 valence electrons. The molecule has 2 rings (SSSR count). The summed E-state index contributed by atoms with van der Waals surface area (Å²) in [5, 5.41) is 12.2. The second kappa shape index (κ2) is 2.79. The van der Waals surface area contributed by atoms with Crippen LogP contribution in [0.25, 0.3) is 0 Å². The molecular weight excluding hydrogens is 176 g/mol. The van der Waals surface area contributed by atoms with Crippen molar-refractivity contribution in [3.63, 3.8) is 0 Å². The van der Waals surface area contributed by atoms with Crippen LogP contribution in [-0.2, 0) is 0 Å². The molecule has 0 saturated carbocycles. The van der Waals surface area contributed by atoms with Gasteiger partial charge in [0.15, 0.2) is 0 Å². The summed E-state index contributed by atoms with van der Waals surface area (Å²) in [6.45, 7) is 2.16. The number of fused-ring (bicyclic) bond motifs is 1. The second-order valence-corrected chi connectivity index (χ2v) is 5.69. The molecule has 0 saturated heterocycles. The zero-order valence-electron chi connectivity index (χ0n) is 6.28. The number of aliphatic hydroxyl groups is 1. The Morgan fingerprint density at radius 1 is 1.64 bits per heavy atom. The highest BCUT2D eigenvalue weighted by atomic mass is 32.2. The van der Waals surface area contributed by atoms with Crippen molar-refractivity contribution in [1.82, 2.24) is 0 Å². The minimum Gasteiger partial charge on any atom is -0.512 e. The molecule has 0 aromatic rings. The first-order chi connectivity index (χ1) is 5.27. The summed E-state index contributed by atoms with van der Waals surface area (Å²) >= 11 is 3.74. The molecular formula is C8H10OS2. The highest BCUT2D eigenvalue weighted by Gasteiger charge is 2.28. The van der Waals surface area contributed by atoms with Gasteiger partial charge in [0.1, 0.15) is 0 Å². The maximum atomic E-state index is 9.55. The molecule has 2 heterocycles. The number of allylic oxidation sites excluding steroid dienone is 2. The van der Waals surface area contributed by atoms with Crippen LogP contribution >= 0.6 is 23.5 Å². The Bertz CT molecular complexity index is 232. The van der Waals surface area contributed by atoms with Crippen LogP contribution < -0.4 is 0 Å².